The van der Waals surface area contributed by atoms with Gasteiger partial charge in [-0.05, 0) is 37.5 Å². The zero-order valence-corrected chi connectivity index (χ0v) is 21.3. The number of aliphatic hydroxyl groups is 1. The number of aliphatic hydroxyl groups excluding tert-OH is 1. The lowest BCUT2D eigenvalue weighted by molar-refractivity contribution is -0.117. The highest BCUT2D eigenvalue weighted by molar-refractivity contribution is 6.00. The number of hydrogen-bond donors (Lipinski definition) is 5. The van der Waals surface area contributed by atoms with Crippen LogP contribution in [-0.4, -0.2) is 70.2 Å². The van der Waals surface area contributed by atoms with Crippen molar-refractivity contribution in [2.24, 2.45) is 5.92 Å². The van der Waals surface area contributed by atoms with Gasteiger partial charge in [0.25, 0.3) is 5.91 Å². The van der Waals surface area contributed by atoms with Gasteiger partial charge in [-0.15, -0.1) is 10.2 Å². The highest BCUT2D eigenvalue weighted by atomic mass is 16.5. The number of nitrogens with zero attached hydrogens (tertiary/aromatic N) is 4. The number of methoxy groups -OCH3 is 1. The van der Waals surface area contributed by atoms with Crippen LogP contribution in [0.2, 0.25) is 0 Å². The molecule has 0 saturated heterocycles. The van der Waals surface area contributed by atoms with Crippen LogP contribution in [0.4, 0.5) is 17.2 Å². The van der Waals surface area contributed by atoms with Crippen molar-refractivity contribution in [3.8, 4) is 17.0 Å². The van der Waals surface area contributed by atoms with Gasteiger partial charge < -0.3 is 31.1 Å². The van der Waals surface area contributed by atoms with Crippen LogP contribution >= 0.6 is 0 Å². The van der Waals surface area contributed by atoms with E-state index in [1.165, 1.54) is 13.2 Å². The molecule has 1 saturated carbocycles. The number of ether oxygens (including phenoxy) is 1. The summed E-state index contributed by atoms with van der Waals surface area (Å²) in [5.41, 5.74) is 1.61. The molecule has 0 spiro atoms. The fourth-order valence-corrected chi connectivity index (χ4v) is 3.79. The molecule has 2 amide bonds. The number of hydrogen-bond acceptors (Lipinski definition) is 9. The molecule has 2 aromatic heterocycles. The summed E-state index contributed by atoms with van der Waals surface area (Å²) in [6, 6.07) is 8.60. The molecule has 2 heterocycles. The predicted octanol–water partition coefficient (Wildman–Crippen LogP) is 2.16. The molecule has 1 aliphatic rings. The number of nitrogens with one attached hydrogen (secondary N) is 4. The maximum absolute atomic E-state index is 12.8. The second-order valence-corrected chi connectivity index (χ2v) is 8.95. The first kappa shape index (κ1) is 23.1. The third-order valence-electron chi connectivity index (χ3n) is 6.10. The van der Waals surface area contributed by atoms with Crippen molar-refractivity contribution in [1.82, 2.24) is 30.6 Å². The first-order chi connectivity index (χ1) is 19.6. The van der Waals surface area contributed by atoms with Crippen molar-refractivity contribution in [2.75, 3.05) is 37.8 Å². The Kier molecular flexibility index (Phi) is 7.59. The number of aromatic nitrogens is 4. The number of amides is 2. The number of benzene rings is 1. The first-order valence-corrected chi connectivity index (χ1v) is 12.5. The van der Waals surface area contributed by atoms with Crippen molar-refractivity contribution < 1.29 is 23.5 Å². The van der Waals surface area contributed by atoms with Crippen molar-refractivity contribution in [3.63, 3.8) is 0 Å². The summed E-state index contributed by atoms with van der Waals surface area (Å²) in [5, 5.41) is 33.1. The van der Waals surface area contributed by atoms with Crippen LogP contribution in [0.1, 0.15) is 40.8 Å². The van der Waals surface area contributed by atoms with E-state index in [1.54, 1.807) is 16.8 Å². The van der Waals surface area contributed by atoms with E-state index in [4.69, 9.17) is 8.85 Å². The van der Waals surface area contributed by atoms with Crippen LogP contribution in [0.15, 0.2) is 36.5 Å². The molecule has 3 aromatic rings. The lowest BCUT2D eigenvalue weighted by atomic mass is 10.1. The fraction of sp³-hybridized carbons (Fsp3) is 0.423. The molecule has 0 radical (unpaired) electrons. The minimum absolute atomic E-state index is 0.0814. The first-order valence-electron chi connectivity index (χ1n) is 14.0. The summed E-state index contributed by atoms with van der Waals surface area (Å²) in [6.45, 7) is 0.917. The van der Waals surface area contributed by atoms with Gasteiger partial charge in [0.1, 0.15) is 0 Å². The summed E-state index contributed by atoms with van der Waals surface area (Å²) in [4.78, 5) is 25.1. The molecule has 12 nitrogen and oxygen atoms in total. The van der Waals surface area contributed by atoms with Gasteiger partial charge in [-0.1, -0.05) is 13.0 Å². The molecule has 38 heavy (non-hydrogen) atoms. The summed E-state index contributed by atoms with van der Waals surface area (Å²) in [5.74, 6) is -0.707. The Hall–Kier alpha value is -4.03. The second kappa shape index (κ2) is 12.5. The topological polar surface area (TPSA) is 155 Å². The van der Waals surface area contributed by atoms with Crippen LogP contribution in [0.25, 0.3) is 11.3 Å². The molecule has 12 heteroatoms. The van der Waals surface area contributed by atoms with Gasteiger partial charge in [0.2, 0.25) is 5.91 Å². The summed E-state index contributed by atoms with van der Waals surface area (Å²) in [6.07, 6.45) is 3.72. The molecule has 1 atom stereocenters. The predicted molar refractivity (Wildman–Crippen MR) is 143 cm³/mol. The van der Waals surface area contributed by atoms with E-state index in [-0.39, 0.29) is 35.1 Å². The molecule has 5 N–H and O–H groups in total. The standard InChI is InChI=1S/C26H34N8O4/c1-4-17(35)15-28-11-13-34-12-10-19(33-34)18-6-5-7-20(24(18)38-3)29-21-14-22(30-25(36)16-8-9-16)31-32-23(21)26(37)27-2/h5-7,10,12,14,16-17,28,35H,4,8-9,11,13,15H2,1-3H3,(H,27,37)(H2,29,30,31,36)/t17-/m1/s1/i2D3. The van der Waals surface area contributed by atoms with E-state index in [0.29, 0.717) is 48.7 Å². The van der Waals surface area contributed by atoms with Crippen molar-refractivity contribution in [1.29, 1.82) is 0 Å². The molecule has 0 bridgehead atoms. The van der Waals surface area contributed by atoms with Gasteiger partial charge >= 0.3 is 0 Å². The molecule has 0 unspecified atom stereocenters. The number of carbonyl (C=O) groups excluding carboxylic acids is 2. The van der Waals surface area contributed by atoms with Crippen LogP contribution in [0, 0.1) is 5.92 Å². The summed E-state index contributed by atoms with van der Waals surface area (Å²) in [7, 11) is 1.50. The van der Waals surface area contributed by atoms with Crippen molar-refractivity contribution in [3.05, 3.63) is 42.2 Å². The van der Waals surface area contributed by atoms with E-state index in [2.05, 4.69) is 31.2 Å². The molecule has 4 rings (SSSR count). The number of anilines is 3. The minimum atomic E-state index is -2.74. The zero-order valence-electron chi connectivity index (χ0n) is 24.3. The van der Waals surface area contributed by atoms with Gasteiger partial charge in [0.15, 0.2) is 17.3 Å². The van der Waals surface area contributed by atoms with Crippen LogP contribution in [0.5, 0.6) is 5.75 Å². The highest BCUT2D eigenvalue weighted by Crippen LogP contribution is 2.38. The van der Waals surface area contributed by atoms with Gasteiger partial charge in [0, 0.05) is 47.9 Å². The van der Waals surface area contributed by atoms with E-state index in [1.807, 2.05) is 30.6 Å². The average Bonchev–Trinajstić information content (AvgIpc) is 3.68. The molecule has 1 fully saturated rings. The quantitative estimate of drug-likeness (QED) is 0.211. The Morgan fingerprint density at radius 2 is 2.11 bits per heavy atom. The number of carbonyl (C=O) groups is 2. The molecule has 0 aliphatic heterocycles. The maximum Gasteiger partial charge on any atom is 0.273 e. The Bertz CT molecular complexity index is 1380. The fourth-order valence-electron chi connectivity index (χ4n) is 3.79. The third-order valence-corrected chi connectivity index (χ3v) is 6.10. The van der Waals surface area contributed by atoms with Gasteiger partial charge in [-0.2, -0.15) is 5.10 Å². The summed E-state index contributed by atoms with van der Waals surface area (Å²) >= 11 is 0. The van der Waals surface area contributed by atoms with Gasteiger partial charge in [0.05, 0.1) is 36.8 Å². The van der Waals surface area contributed by atoms with Crippen LogP contribution < -0.4 is 26.0 Å². The van der Waals surface area contributed by atoms with Crippen molar-refractivity contribution >= 4 is 29.0 Å². The van der Waals surface area contributed by atoms with Gasteiger partial charge in [-0.3, -0.25) is 14.3 Å². The van der Waals surface area contributed by atoms with Crippen molar-refractivity contribution in [2.45, 2.75) is 38.8 Å². The normalized spacial score (nSPS) is 15.1. The van der Waals surface area contributed by atoms with Gasteiger partial charge in [-0.25, -0.2) is 0 Å². The lowest BCUT2D eigenvalue weighted by Crippen LogP contribution is -2.29. The monoisotopic (exact) mass is 525 g/mol. The molecule has 1 aliphatic carbocycles. The zero-order chi connectivity index (χ0) is 29.6. The molecular formula is C26H34N8O4. The van der Waals surface area contributed by atoms with E-state index in [9.17, 15) is 14.7 Å². The molecule has 1 aromatic carbocycles. The Balaban J connectivity index is 1.59. The Labute approximate surface area is 225 Å². The molecule has 202 valence electrons. The Morgan fingerprint density at radius 1 is 1.26 bits per heavy atom. The lowest BCUT2D eigenvalue weighted by Gasteiger charge is -2.16. The van der Waals surface area contributed by atoms with Crippen LogP contribution in [0.3, 0.4) is 0 Å². The van der Waals surface area contributed by atoms with E-state index < -0.39 is 12.9 Å². The smallest absolute Gasteiger partial charge is 0.273 e. The SMILES string of the molecule is [2H]C([2H])([2H])NC(=O)c1nnc(NC(=O)C2CC2)cc1Nc1cccc(-c2ccn(CCNC[C@H](O)CC)n2)c1OC. The minimum Gasteiger partial charge on any atom is -0.494 e. The maximum atomic E-state index is 12.8. The second-order valence-electron chi connectivity index (χ2n) is 8.95. The highest BCUT2D eigenvalue weighted by Gasteiger charge is 2.30. The largest absolute Gasteiger partial charge is 0.494 e. The Morgan fingerprint density at radius 3 is 2.84 bits per heavy atom. The van der Waals surface area contributed by atoms with E-state index in [0.717, 1.165) is 12.8 Å². The average molecular weight is 526 g/mol. The van der Waals surface area contributed by atoms with Crippen LogP contribution in [-0.2, 0) is 11.3 Å². The number of para-hydroxylation sites is 1. The molecular weight excluding hydrogens is 488 g/mol. The third kappa shape index (κ3) is 6.64. The number of rotatable bonds is 13. The summed E-state index contributed by atoms with van der Waals surface area (Å²) < 4.78 is 29.7. The van der Waals surface area contributed by atoms with E-state index >= 15 is 0 Å².